The predicted molar refractivity (Wildman–Crippen MR) is 117 cm³/mol. The molecule has 31 heavy (non-hydrogen) atoms. The third-order valence-electron chi connectivity index (χ3n) is 7.17. The Morgan fingerprint density at radius 2 is 1.90 bits per heavy atom. The third kappa shape index (κ3) is 3.86. The smallest absolute Gasteiger partial charge is 0.291 e. The number of hydrogen-bond donors (Lipinski definition) is 1. The van der Waals surface area contributed by atoms with Gasteiger partial charge in [0.25, 0.3) is 11.5 Å². The molecule has 1 saturated heterocycles. The number of carbonyl (C=O) groups excluding carboxylic acids is 1. The summed E-state index contributed by atoms with van der Waals surface area (Å²) in [5.41, 5.74) is 1.18. The number of aromatic nitrogens is 3. The van der Waals surface area contributed by atoms with Gasteiger partial charge in [0.2, 0.25) is 0 Å². The van der Waals surface area contributed by atoms with E-state index < -0.39 is 11.5 Å². The zero-order chi connectivity index (χ0) is 22.3. The highest BCUT2D eigenvalue weighted by Gasteiger charge is 2.39. The monoisotopic (exact) mass is 430 g/mol. The van der Waals surface area contributed by atoms with Crippen molar-refractivity contribution in [2.75, 3.05) is 11.9 Å². The van der Waals surface area contributed by atoms with Gasteiger partial charge in [-0.2, -0.15) is 0 Å². The van der Waals surface area contributed by atoms with Crippen LogP contribution in [0.5, 0.6) is 0 Å². The van der Waals surface area contributed by atoms with Crippen LogP contribution in [-0.4, -0.2) is 27.0 Å². The van der Waals surface area contributed by atoms with E-state index in [9.17, 15) is 9.59 Å². The minimum atomic E-state index is -0.585. The Hall–Kier alpha value is -2.35. The lowest BCUT2D eigenvalue weighted by molar-refractivity contribution is -0.105. The number of carbonyl (C=O) groups is 1. The van der Waals surface area contributed by atoms with Crippen LogP contribution in [0.3, 0.4) is 0 Å². The zero-order valence-electron chi connectivity index (χ0n) is 19.3. The normalized spacial score (nSPS) is 25.0. The van der Waals surface area contributed by atoms with Crippen LogP contribution in [0.15, 0.2) is 9.32 Å². The van der Waals surface area contributed by atoms with Crippen LogP contribution in [-0.2, 0) is 17.4 Å². The number of nitrogens with one attached hydrogen (secondary N) is 1. The molecule has 1 N–H and O–H groups in total. The second kappa shape index (κ2) is 8.30. The first-order chi connectivity index (χ1) is 14.7. The summed E-state index contributed by atoms with van der Waals surface area (Å²) in [5.74, 6) is 0.669. The molecule has 3 heterocycles. The summed E-state index contributed by atoms with van der Waals surface area (Å²) in [7, 11) is 1.88. The quantitative estimate of drug-likeness (QED) is 0.784. The molecule has 170 valence electrons. The standard InChI is InChI=1S/C23H34N4O4/c1-14-11-12-23(4,30-13-14)20-15(2)18(25-31-20)21(28)24-19-16(3)26(5)27(22(19)29)17-9-7-6-8-10-17/h14,17H,6-13H2,1-5H3,(H,24,28)/t14-,23-/m1/s1. The molecular weight excluding hydrogens is 396 g/mol. The molecule has 1 aliphatic heterocycles. The van der Waals surface area contributed by atoms with Gasteiger partial charge in [-0.3, -0.25) is 14.3 Å². The topological polar surface area (TPSA) is 91.3 Å². The van der Waals surface area contributed by atoms with E-state index >= 15 is 0 Å². The zero-order valence-corrected chi connectivity index (χ0v) is 19.3. The van der Waals surface area contributed by atoms with Gasteiger partial charge in [-0.1, -0.05) is 31.3 Å². The van der Waals surface area contributed by atoms with E-state index in [-0.39, 0.29) is 17.3 Å². The van der Waals surface area contributed by atoms with E-state index in [1.165, 1.54) is 6.42 Å². The Morgan fingerprint density at radius 3 is 2.55 bits per heavy atom. The van der Waals surface area contributed by atoms with Crippen LogP contribution in [0.25, 0.3) is 0 Å². The summed E-state index contributed by atoms with van der Waals surface area (Å²) in [5, 5.41) is 6.86. The molecule has 1 amide bonds. The molecule has 0 bridgehead atoms. The highest BCUT2D eigenvalue weighted by molar-refractivity contribution is 6.04. The summed E-state index contributed by atoms with van der Waals surface area (Å²) < 4.78 is 15.3. The summed E-state index contributed by atoms with van der Waals surface area (Å²) in [6.07, 6.45) is 7.30. The maximum atomic E-state index is 13.2. The molecule has 2 aromatic heterocycles. The second-order valence-corrected chi connectivity index (χ2v) is 9.55. The third-order valence-corrected chi connectivity index (χ3v) is 7.17. The van der Waals surface area contributed by atoms with Crippen LogP contribution >= 0.6 is 0 Å². The molecule has 4 rings (SSSR count). The molecule has 2 atom stereocenters. The molecule has 0 radical (unpaired) electrons. The van der Waals surface area contributed by atoms with E-state index in [0.29, 0.717) is 29.5 Å². The van der Waals surface area contributed by atoms with Gasteiger partial charge in [0.15, 0.2) is 11.5 Å². The SMILES string of the molecule is Cc1c(C(=O)Nc2c(C)n(C)n(C3CCCCC3)c2=O)noc1[C@@]1(C)CC[C@@H](C)CO1. The van der Waals surface area contributed by atoms with Crippen molar-refractivity contribution in [3.8, 4) is 0 Å². The number of amides is 1. The maximum Gasteiger partial charge on any atom is 0.291 e. The lowest BCUT2D eigenvalue weighted by Gasteiger charge is -2.34. The maximum absolute atomic E-state index is 13.2. The Kier molecular flexibility index (Phi) is 5.85. The van der Waals surface area contributed by atoms with Crippen molar-refractivity contribution in [1.82, 2.24) is 14.5 Å². The fourth-order valence-corrected chi connectivity index (χ4v) is 5.01. The van der Waals surface area contributed by atoms with Crippen LogP contribution < -0.4 is 10.9 Å². The van der Waals surface area contributed by atoms with Crippen LogP contribution in [0, 0.1) is 19.8 Å². The highest BCUT2D eigenvalue weighted by atomic mass is 16.5. The molecule has 0 aromatic carbocycles. The fraction of sp³-hybridized carbons (Fsp3) is 0.696. The molecule has 1 saturated carbocycles. The lowest BCUT2D eigenvalue weighted by atomic mass is 9.87. The van der Waals surface area contributed by atoms with Crippen molar-refractivity contribution in [1.29, 1.82) is 0 Å². The fourth-order valence-electron chi connectivity index (χ4n) is 5.01. The van der Waals surface area contributed by atoms with E-state index in [4.69, 9.17) is 9.26 Å². The van der Waals surface area contributed by atoms with Crippen molar-refractivity contribution < 1.29 is 14.1 Å². The van der Waals surface area contributed by atoms with Crippen LogP contribution in [0.1, 0.15) is 92.3 Å². The first-order valence-corrected chi connectivity index (χ1v) is 11.4. The van der Waals surface area contributed by atoms with Crippen molar-refractivity contribution >= 4 is 11.6 Å². The molecule has 8 heteroatoms. The molecule has 0 unspecified atom stereocenters. The van der Waals surface area contributed by atoms with Crippen molar-refractivity contribution in [3.63, 3.8) is 0 Å². The number of anilines is 1. The van der Waals surface area contributed by atoms with Gasteiger partial charge in [0.05, 0.1) is 18.3 Å². The molecule has 1 aliphatic carbocycles. The van der Waals surface area contributed by atoms with Crippen molar-refractivity contribution in [3.05, 3.63) is 33.1 Å². The van der Waals surface area contributed by atoms with E-state index in [1.54, 1.807) is 4.68 Å². The van der Waals surface area contributed by atoms with E-state index in [1.807, 2.05) is 32.5 Å². The Balaban J connectivity index is 1.58. The van der Waals surface area contributed by atoms with Crippen LogP contribution in [0.4, 0.5) is 5.69 Å². The largest absolute Gasteiger partial charge is 0.367 e. The van der Waals surface area contributed by atoms with Crippen LogP contribution in [0.2, 0.25) is 0 Å². The number of ether oxygens (including phenoxy) is 1. The highest BCUT2D eigenvalue weighted by Crippen LogP contribution is 2.39. The van der Waals surface area contributed by atoms with Gasteiger partial charge >= 0.3 is 0 Å². The molecular formula is C23H34N4O4. The first kappa shape index (κ1) is 21.9. The lowest BCUT2D eigenvalue weighted by Crippen LogP contribution is -2.33. The Labute approximate surface area is 182 Å². The molecule has 2 fully saturated rings. The van der Waals surface area contributed by atoms with Gasteiger partial charge in [0.1, 0.15) is 11.3 Å². The van der Waals surface area contributed by atoms with Gasteiger partial charge in [-0.25, -0.2) is 4.68 Å². The summed E-state index contributed by atoms with van der Waals surface area (Å²) in [6, 6.07) is 0.182. The van der Waals surface area contributed by atoms with E-state index in [2.05, 4.69) is 17.4 Å². The number of hydrogen-bond acceptors (Lipinski definition) is 5. The number of nitrogens with zero attached hydrogens (tertiary/aromatic N) is 3. The summed E-state index contributed by atoms with van der Waals surface area (Å²) in [4.78, 5) is 26.2. The predicted octanol–water partition coefficient (Wildman–Crippen LogP) is 4.21. The average Bonchev–Trinajstić information content (AvgIpc) is 3.25. The molecule has 8 nitrogen and oxygen atoms in total. The second-order valence-electron chi connectivity index (χ2n) is 9.55. The van der Waals surface area contributed by atoms with Crippen molar-refractivity contribution in [2.45, 2.75) is 84.3 Å². The Bertz CT molecular complexity index is 1020. The van der Waals surface area contributed by atoms with Gasteiger partial charge in [-0.15, -0.1) is 0 Å². The number of rotatable bonds is 4. The molecule has 2 aromatic rings. The van der Waals surface area contributed by atoms with Gasteiger partial charge in [-0.05, 0) is 52.4 Å². The van der Waals surface area contributed by atoms with Crippen molar-refractivity contribution in [2.24, 2.45) is 13.0 Å². The first-order valence-electron chi connectivity index (χ1n) is 11.4. The van der Waals surface area contributed by atoms with Gasteiger partial charge in [0, 0.05) is 12.6 Å². The minimum absolute atomic E-state index is 0.154. The summed E-state index contributed by atoms with van der Waals surface area (Å²) >= 11 is 0. The molecule has 0 spiro atoms. The minimum Gasteiger partial charge on any atom is -0.367 e. The van der Waals surface area contributed by atoms with E-state index in [0.717, 1.165) is 44.2 Å². The van der Waals surface area contributed by atoms with Gasteiger partial charge < -0.3 is 14.6 Å². The Morgan fingerprint density at radius 1 is 1.19 bits per heavy atom. The average molecular weight is 431 g/mol. The summed E-state index contributed by atoms with van der Waals surface area (Å²) in [6.45, 7) is 8.48. The molecule has 2 aliphatic rings.